The van der Waals surface area contributed by atoms with Crippen LogP contribution in [-0.4, -0.2) is 49.8 Å². The topological polar surface area (TPSA) is 102 Å². The fourth-order valence-electron chi connectivity index (χ4n) is 2.55. The third-order valence-corrected chi connectivity index (χ3v) is 3.96. The van der Waals surface area contributed by atoms with Crippen molar-refractivity contribution in [2.45, 2.75) is 19.3 Å². The van der Waals surface area contributed by atoms with Crippen molar-refractivity contribution in [1.82, 2.24) is 25.1 Å². The molecule has 2 N–H and O–H groups in total. The minimum Gasteiger partial charge on any atom is -0.406 e. The van der Waals surface area contributed by atoms with Gasteiger partial charge in [-0.05, 0) is 37.3 Å². The lowest BCUT2D eigenvalue weighted by Gasteiger charge is -2.12. The Kier molecular flexibility index (Phi) is 6.01. The summed E-state index contributed by atoms with van der Waals surface area (Å²) in [6.07, 6.45) is -1.60. The molecular weight excluding hydrogens is 403 g/mol. The Morgan fingerprint density at radius 2 is 1.93 bits per heavy atom. The van der Waals surface area contributed by atoms with Gasteiger partial charge in [0.25, 0.3) is 5.91 Å². The molecule has 2 heterocycles. The average molecular weight is 421 g/mol. The Morgan fingerprint density at radius 1 is 1.23 bits per heavy atom. The van der Waals surface area contributed by atoms with Crippen LogP contribution in [0.3, 0.4) is 0 Å². The van der Waals surface area contributed by atoms with Gasteiger partial charge in [-0.2, -0.15) is 5.10 Å². The lowest BCUT2D eigenvalue weighted by molar-refractivity contribution is -0.274. The first kappa shape index (κ1) is 21.2. The summed E-state index contributed by atoms with van der Waals surface area (Å²) in [4.78, 5) is 21.2. The monoisotopic (exact) mass is 421 g/mol. The molecule has 3 aromatic rings. The second kappa shape index (κ2) is 8.49. The molecule has 0 saturated heterocycles. The van der Waals surface area contributed by atoms with Crippen molar-refractivity contribution in [3.8, 4) is 28.4 Å². The lowest BCUT2D eigenvalue weighted by atomic mass is 10.1. The number of hydrogen-bond donors (Lipinski definition) is 2. The fraction of sp³-hybridized carbons (Fsp3) is 0.263. The van der Waals surface area contributed by atoms with Crippen molar-refractivity contribution in [1.29, 1.82) is 0 Å². The van der Waals surface area contributed by atoms with E-state index in [9.17, 15) is 18.0 Å². The highest BCUT2D eigenvalue weighted by atomic mass is 19.4. The van der Waals surface area contributed by atoms with Crippen LogP contribution in [0.25, 0.3) is 22.6 Å². The molecule has 0 spiro atoms. The highest BCUT2D eigenvalue weighted by Gasteiger charge is 2.31. The van der Waals surface area contributed by atoms with E-state index in [4.69, 9.17) is 5.11 Å². The summed E-state index contributed by atoms with van der Waals surface area (Å²) < 4.78 is 42.5. The highest BCUT2D eigenvalue weighted by molar-refractivity contribution is 5.94. The van der Waals surface area contributed by atoms with E-state index in [1.807, 2.05) is 0 Å². The zero-order valence-corrected chi connectivity index (χ0v) is 16.0. The third kappa shape index (κ3) is 5.32. The molecule has 1 amide bonds. The molecular formula is C19H18F3N5O3. The van der Waals surface area contributed by atoms with Gasteiger partial charge in [0.2, 0.25) is 0 Å². The largest absolute Gasteiger partial charge is 0.573 e. The number of aliphatic hydroxyl groups excluding tert-OH is 1. The first-order valence-corrected chi connectivity index (χ1v) is 8.80. The van der Waals surface area contributed by atoms with Gasteiger partial charge in [-0.25, -0.2) is 9.97 Å². The van der Waals surface area contributed by atoms with Crippen molar-refractivity contribution < 1.29 is 27.8 Å². The number of nitrogens with zero attached hydrogens (tertiary/aromatic N) is 4. The van der Waals surface area contributed by atoms with Crippen LogP contribution >= 0.6 is 0 Å². The third-order valence-electron chi connectivity index (χ3n) is 3.96. The lowest BCUT2D eigenvalue weighted by Crippen LogP contribution is -2.35. The molecule has 0 fully saturated rings. The maximum absolute atomic E-state index is 12.5. The molecule has 0 aliphatic rings. The predicted octanol–water partition coefficient (Wildman–Crippen LogP) is 2.55. The van der Waals surface area contributed by atoms with E-state index in [-0.39, 0.29) is 23.9 Å². The fourth-order valence-corrected chi connectivity index (χ4v) is 2.55. The predicted molar refractivity (Wildman–Crippen MR) is 100 cm³/mol. The molecule has 2 aromatic heterocycles. The molecule has 0 aliphatic carbocycles. The van der Waals surface area contributed by atoms with Crippen LogP contribution in [0.1, 0.15) is 17.4 Å². The molecule has 158 valence electrons. The van der Waals surface area contributed by atoms with Gasteiger partial charge >= 0.3 is 6.36 Å². The maximum atomic E-state index is 12.5. The number of alkyl halides is 3. The molecule has 1 aromatic carbocycles. The number of benzene rings is 1. The van der Waals surface area contributed by atoms with Gasteiger partial charge in [0.15, 0.2) is 5.82 Å². The van der Waals surface area contributed by atoms with Crippen LogP contribution in [0.2, 0.25) is 0 Å². The molecule has 3 rings (SSSR count). The molecule has 8 nitrogen and oxygen atoms in total. The van der Waals surface area contributed by atoms with Crippen molar-refractivity contribution in [2.24, 2.45) is 7.05 Å². The maximum Gasteiger partial charge on any atom is 0.573 e. The van der Waals surface area contributed by atoms with Gasteiger partial charge in [-0.3, -0.25) is 9.48 Å². The second-order valence-electron chi connectivity index (χ2n) is 6.49. The summed E-state index contributed by atoms with van der Waals surface area (Å²) in [5.74, 6) is -0.678. The Hall–Kier alpha value is -3.47. The van der Waals surface area contributed by atoms with E-state index in [1.54, 1.807) is 24.9 Å². The molecule has 0 radical (unpaired) electrons. The summed E-state index contributed by atoms with van der Waals surface area (Å²) in [6.45, 7) is 1.38. The SMILES string of the molecule is CC(CO)NC(=O)c1cc(-c2ccc(OC(F)(F)F)cc2)nc(-c2cnn(C)c2)n1. The Balaban J connectivity index is 2.00. The Labute approximate surface area is 169 Å². The van der Waals surface area contributed by atoms with E-state index in [1.165, 1.54) is 24.4 Å². The number of aryl methyl sites for hydroxylation is 1. The van der Waals surface area contributed by atoms with Crippen molar-refractivity contribution in [3.05, 3.63) is 48.4 Å². The van der Waals surface area contributed by atoms with Crippen molar-refractivity contribution in [3.63, 3.8) is 0 Å². The average Bonchev–Trinajstić information content (AvgIpc) is 3.13. The van der Waals surface area contributed by atoms with E-state index in [0.29, 0.717) is 16.8 Å². The summed E-state index contributed by atoms with van der Waals surface area (Å²) >= 11 is 0. The normalized spacial score (nSPS) is 12.5. The van der Waals surface area contributed by atoms with E-state index in [2.05, 4.69) is 25.1 Å². The number of carbonyl (C=O) groups is 1. The van der Waals surface area contributed by atoms with E-state index in [0.717, 1.165) is 12.1 Å². The highest BCUT2D eigenvalue weighted by Crippen LogP contribution is 2.27. The van der Waals surface area contributed by atoms with E-state index < -0.39 is 18.3 Å². The van der Waals surface area contributed by atoms with Crippen LogP contribution in [0, 0.1) is 0 Å². The van der Waals surface area contributed by atoms with Crippen LogP contribution in [0.15, 0.2) is 42.7 Å². The molecule has 11 heteroatoms. The number of ether oxygens (including phenoxy) is 1. The van der Waals surface area contributed by atoms with Gasteiger partial charge in [0, 0.05) is 24.8 Å². The summed E-state index contributed by atoms with van der Waals surface area (Å²) in [5.41, 5.74) is 1.38. The van der Waals surface area contributed by atoms with Crippen molar-refractivity contribution >= 4 is 5.91 Å². The second-order valence-corrected chi connectivity index (χ2v) is 6.49. The van der Waals surface area contributed by atoms with Crippen LogP contribution in [0.5, 0.6) is 5.75 Å². The van der Waals surface area contributed by atoms with Gasteiger partial charge in [-0.15, -0.1) is 13.2 Å². The van der Waals surface area contributed by atoms with Crippen molar-refractivity contribution in [2.75, 3.05) is 6.61 Å². The first-order valence-electron chi connectivity index (χ1n) is 8.80. The number of aliphatic hydroxyl groups is 1. The number of halogens is 3. The minimum atomic E-state index is -4.79. The van der Waals surface area contributed by atoms with Crippen LogP contribution in [0.4, 0.5) is 13.2 Å². The number of nitrogens with one attached hydrogen (secondary N) is 1. The summed E-state index contributed by atoms with van der Waals surface area (Å²) in [6, 6.07) is 6.03. The minimum absolute atomic E-state index is 0.0368. The number of aromatic nitrogens is 4. The molecule has 0 aliphatic heterocycles. The number of hydrogen-bond acceptors (Lipinski definition) is 6. The zero-order chi connectivity index (χ0) is 21.9. The van der Waals surface area contributed by atoms with Gasteiger partial charge in [0.05, 0.1) is 24.1 Å². The first-order chi connectivity index (χ1) is 14.1. The number of carbonyl (C=O) groups excluding carboxylic acids is 1. The molecule has 0 saturated carbocycles. The van der Waals surface area contributed by atoms with Gasteiger partial charge in [-0.1, -0.05) is 0 Å². The number of amides is 1. The summed E-state index contributed by atoms with van der Waals surface area (Å²) in [5, 5.41) is 15.8. The number of rotatable bonds is 6. The Morgan fingerprint density at radius 3 is 2.50 bits per heavy atom. The smallest absolute Gasteiger partial charge is 0.406 e. The van der Waals surface area contributed by atoms with E-state index >= 15 is 0 Å². The Bertz CT molecular complexity index is 1030. The molecule has 1 atom stereocenters. The van der Waals surface area contributed by atoms with Gasteiger partial charge < -0.3 is 15.2 Å². The van der Waals surface area contributed by atoms with Crippen LogP contribution < -0.4 is 10.1 Å². The molecule has 30 heavy (non-hydrogen) atoms. The molecule has 1 unspecified atom stereocenters. The van der Waals surface area contributed by atoms with Crippen LogP contribution in [-0.2, 0) is 7.05 Å². The standard InChI is InChI=1S/C19H18F3N5O3/c1-11(10-28)24-18(29)16-7-15(25-17(26-16)13-8-23-27(2)9-13)12-3-5-14(6-4-12)30-19(20,21)22/h3-9,11,28H,10H2,1-2H3,(H,24,29). The zero-order valence-electron chi connectivity index (χ0n) is 16.0. The molecule has 0 bridgehead atoms. The van der Waals surface area contributed by atoms with Gasteiger partial charge in [0.1, 0.15) is 11.4 Å². The summed E-state index contributed by atoms with van der Waals surface area (Å²) in [7, 11) is 1.71. The quantitative estimate of drug-likeness (QED) is 0.634.